The molecule has 0 amide bonds. The van der Waals surface area contributed by atoms with Crippen molar-refractivity contribution in [1.29, 1.82) is 0 Å². The highest BCUT2D eigenvalue weighted by molar-refractivity contribution is 5.22. The summed E-state index contributed by atoms with van der Waals surface area (Å²) in [5, 5.41) is 3.66. The van der Waals surface area contributed by atoms with Gasteiger partial charge >= 0.3 is 0 Å². The van der Waals surface area contributed by atoms with Crippen molar-refractivity contribution in [2.75, 3.05) is 0 Å². The van der Waals surface area contributed by atoms with Crippen LogP contribution in [0.3, 0.4) is 0 Å². The summed E-state index contributed by atoms with van der Waals surface area (Å²) in [7, 11) is 0. The first-order valence-corrected chi connectivity index (χ1v) is 6.58. The van der Waals surface area contributed by atoms with Gasteiger partial charge in [-0.15, -0.1) is 12.3 Å². The predicted octanol–water partition coefficient (Wildman–Crippen LogP) is 3.32. The van der Waals surface area contributed by atoms with Crippen molar-refractivity contribution in [2.45, 2.75) is 50.6 Å². The second-order valence-electron chi connectivity index (χ2n) is 4.96. The molecule has 1 heteroatoms. The van der Waals surface area contributed by atoms with E-state index in [4.69, 9.17) is 6.42 Å². The number of hydrogen-bond acceptors (Lipinski definition) is 1. The Morgan fingerprint density at radius 1 is 1.35 bits per heavy atom. The van der Waals surface area contributed by atoms with Crippen LogP contribution in [0, 0.1) is 12.3 Å². The molecule has 0 heterocycles. The Bertz CT molecular complexity index is 370. The second-order valence-corrected chi connectivity index (χ2v) is 4.96. The van der Waals surface area contributed by atoms with Gasteiger partial charge in [-0.2, -0.15) is 0 Å². The van der Waals surface area contributed by atoms with Gasteiger partial charge in [0.1, 0.15) is 0 Å². The van der Waals surface area contributed by atoms with Crippen LogP contribution in [0.1, 0.15) is 44.1 Å². The van der Waals surface area contributed by atoms with Gasteiger partial charge in [0.25, 0.3) is 0 Å². The maximum atomic E-state index is 5.37. The molecule has 1 saturated carbocycles. The minimum absolute atomic E-state index is 0.502. The van der Waals surface area contributed by atoms with E-state index in [2.05, 4.69) is 48.5 Å². The van der Waals surface area contributed by atoms with Crippen molar-refractivity contribution in [3.8, 4) is 12.3 Å². The number of hydrogen-bond donors (Lipinski definition) is 1. The van der Waals surface area contributed by atoms with Crippen LogP contribution in [0.25, 0.3) is 0 Å². The summed E-state index contributed by atoms with van der Waals surface area (Å²) in [5.74, 6) is 3.50. The van der Waals surface area contributed by atoms with Gasteiger partial charge in [0.15, 0.2) is 0 Å². The van der Waals surface area contributed by atoms with Gasteiger partial charge in [-0.05, 0) is 30.7 Å². The lowest BCUT2D eigenvalue weighted by Gasteiger charge is -2.38. The molecule has 0 saturated heterocycles. The van der Waals surface area contributed by atoms with Gasteiger partial charge in [0.2, 0.25) is 0 Å². The molecule has 2 rings (SSSR count). The van der Waals surface area contributed by atoms with Crippen LogP contribution in [0.15, 0.2) is 30.3 Å². The van der Waals surface area contributed by atoms with E-state index in [0.29, 0.717) is 12.1 Å². The van der Waals surface area contributed by atoms with Crippen LogP contribution >= 0.6 is 0 Å². The summed E-state index contributed by atoms with van der Waals surface area (Å²) < 4.78 is 0. The molecule has 1 aromatic carbocycles. The van der Waals surface area contributed by atoms with E-state index in [9.17, 15) is 0 Å². The number of terminal acetylenes is 1. The molecule has 0 aliphatic heterocycles. The molecule has 1 unspecified atom stereocenters. The maximum Gasteiger partial charge on any atom is 0.0240 e. The fourth-order valence-corrected chi connectivity index (χ4v) is 2.55. The molecular formula is C16H21N. The summed E-state index contributed by atoms with van der Waals surface area (Å²) in [6.45, 7) is 2.20. The SMILES string of the molecule is C#CCC(CC)NC1CC(c2ccccc2)C1. The highest BCUT2D eigenvalue weighted by Gasteiger charge is 2.30. The van der Waals surface area contributed by atoms with E-state index < -0.39 is 0 Å². The third-order valence-electron chi connectivity index (χ3n) is 3.74. The summed E-state index contributed by atoms with van der Waals surface area (Å²) in [6.07, 6.45) is 9.85. The zero-order valence-corrected chi connectivity index (χ0v) is 10.5. The monoisotopic (exact) mass is 227 g/mol. The topological polar surface area (TPSA) is 12.0 Å². The number of nitrogens with one attached hydrogen (secondary N) is 1. The lowest BCUT2D eigenvalue weighted by molar-refractivity contribution is 0.262. The van der Waals surface area contributed by atoms with Gasteiger partial charge in [-0.25, -0.2) is 0 Å². The third-order valence-corrected chi connectivity index (χ3v) is 3.74. The lowest BCUT2D eigenvalue weighted by Crippen LogP contribution is -2.45. The Morgan fingerprint density at radius 2 is 2.06 bits per heavy atom. The molecule has 1 atom stereocenters. The molecule has 1 N–H and O–H groups in total. The number of benzene rings is 1. The number of rotatable bonds is 5. The van der Waals surface area contributed by atoms with Crippen LogP contribution < -0.4 is 5.32 Å². The molecule has 1 aliphatic carbocycles. The van der Waals surface area contributed by atoms with Crippen LogP contribution in [0.4, 0.5) is 0 Å². The smallest absolute Gasteiger partial charge is 0.0240 e. The molecule has 0 spiro atoms. The molecule has 0 aromatic heterocycles. The summed E-state index contributed by atoms with van der Waals surface area (Å²) in [6, 6.07) is 12.0. The van der Waals surface area contributed by atoms with E-state index >= 15 is 0 Å². The Balaban J connectivity index is 1.78. The zero-order valence-electron chi connectivity index (χ0n) is 10.5. The first-order chi connectivity index (χ1) is 8.33. The normalized spacial score (nSPS) is 24.7. The highest BCUT2D eigenvalue weighted by Crippen LogP contribution is 2.37. The van der Waals surface area contributed by atoms with Crippen molar-refractivity contribution in [3.63, 3.8) is 0 Å². The summed E-state index contributed by atoms with van der Waals surface area (Å²) in [4.78, 5) is 0. The average molecular weight is 227 g/mol. The highest BCUT2D eigenvalue weighted by atomic mass is 15.0. The van der Waals surface area contributed by atoms with Gasteiger partial charge < -0.3 is 5.32 Å². The first-order valence-electron chi connectivity index (χ1n) is 6.58. The fraction of sp³-hybridized carbons (Fsp3) is 0.500. The van der Waals surface area contributed by atoms with Crippen LogP contribution in [-0.2, 0) is 0 Å². The van der Waals surface area contributed by atoms with Crippen LogP contribution in [0.5, 0.6) is 0 Å². The molecule has 1 nitrogen and oxygen atoms in total. The first kappa shape index (κ1) is 12.2. The van der Waals surface area contributed by atoms with E-state index in [-0.39, 0.29) is 0 Å². The molecule has 0 radical (unpaired) electrons. The Labute approximate surface area is 105 Å². The van der Waals surface area contributed by atoms with E-state index in [1.807, 2.05) is 0 Å². The molecule has 1 aromatic rings. The van der Waals surface area contributed by atoms with E-state index in [1.54, 1.807) is 0 Å². The minimum atomic E-state index is 0.502. The Hall–Kier alpha value is -1.26. The molecule has 1 fully saturated rings. The second kappa shape index (κ2) is 5.89. The largest absolute Gasteiger partial charge is 0.310 e. The standard InChI is InChI=1S/C16H21N/c1-3-8-15(4-2)17-16-11-14(12-16)13-9-6-5-7-10-13/h1,5-7,9-10,14-17H,4,8,11-12H2,2H3. The van der Waals surface area contributed by atoms with Gasteiger partial charge in [-0.3, -0.25) is 0 Å². The predicted molar refractivity (Wildman–Crippen MR) is 72.9 cm³/mol. The van der Waals surface area contributed by atoms with E-state index in [1.165, 1.54) is 18.4 Å². The van der Waals surface area contributed by atoms with Gasteiger partial charge in [0, 0.05) is 18.5 Å². The van der Waals surface area contributed by atoms with Crippen LogP contribution in [-0.4, -0.2) is 12.1 Å². The van der Waals surface area contributed by atoms with Gasteiger partial charge in [-0.1, -0.05) is 37.3 Å². The van der Waals surface area contributed by atoms with Crippen LogP contribution in [0.2, 0.25) is 0 Å². The molecule has 0 bridgehead atoms. The van der Waals surface area contributed by atoms with Crippen molar-refractivity contribution in [3.05, 3.63) is 35.9 Å². The molecule has 90 valence electrons. The van der Waals surface area contributed by atoms with Crippen molar-refractivity contribution >= 4 is 0 Å². The lowest BCUT2D eigenvalue weighted by atomic mass is 9.75. The Morgan fingerprint density at radius 3 is 2.65 bits per heavy atom. The zero-order chi connectivity index (χ0) is 12.1. The maximum absolute atomic E-state index is 5.37. The molecule has 17 heavy (non-hydrogen) atoms. The third kappa shape index (κ3) is 3.11. The van der Waals surface area contributed by atoms with Crippen molar-refractivity contribution < 1.29 is 0 Å². The molecule has 1 aliphatic rings. The van der Waals surface area contributed by atoms with Crippen molar-refractivity contribution in [2.24, 2.45) is 0 Å². The summed E-state index contributed by atoms with van der Waals surface area (Å²) >= 11 is 0. The van der Waals surface area contributed by atoms with Gasteiger partial charge in [0.05, 0.1) is 0 Å². The Kier molecular flexibility index (Phi) is 4.23. The molecular weight excluding hydrogens is 206 g/mol. The summed E-state index contributed by atoms with van der Waals surface area (Å²) in [5.41, 5.74) is 1.48. The fourth-order valence-electron chi connectivity index (χ4n) is 2.55. The van der Waals surface area contributed by atoms with Crippen molar-refractivity contribution in [1.82, 2.24) is 5.32 Å². The quantitative estimate of drug-likeness (QED) is 0.761. The minimum Gasteiger partial charge on any atom is -0.310 e. The average Bonchev–Trinajstić information content (AvgIpc) is 2.33. The van der Waals surface area contributed by atoms with E-state index in [0.717, 1.165) is 18.8 Å².